The van der Waals surface area contributed by atoms with E-state index in [2.05, 4.69) is 54.5 Å². The monoisotopic (exact) mass is 567 g/mol. The summed E-state index contributed by atoms with van der Waals surface area (Å²) in [6.07, 6.45) is 12.1. The molecular formula is C35H53NO5. The molecule has 6 rings (SSSR count). The number of carbonyl (C=O) groups is 3. The van der Waals surface area contributed by atoms with Crippen LogP contribution in [0.1, 0.15) is 126 Å². The van der Waals surface area contributed by atoms with E-state index in [4.69, 9.17) is 4.74 Å². The standard InChI is InChI=1S/C35H53NO5/c1-21(37)41-27-12-13-33(6)26(30(27,2)3)11-14-35(8)28(33)25(38)19-23-24-20-32(5,29(39)36(40)22-9-10-22)16-15-31(24,4)17-18-34(23,35)7/h19,22,24,26-28,40H,9-18,20H2,1-8H3/t24-,26?,27-,28+,31+,32-,33-,34+,35+/m0/s1. The Morgan fingerprint density at radius 1 is 0.902 bits per heavy atom. The second-order valence-corrected chi connectivity index (χ2v) is 17.1. The number of esters is 1. The number of hydroxylamine groups is 2. The Balaban J connectivity index is 1.38. The van der Waals surface area contributed by atoms with Gasteiger partial charge in [-0.25, -0.2) is 5.06 Å². The van der Waals surface area contributed by atoms with Gasteiger partial charge in [0.1, 0.15) is 6.10 Å². The first kappa shape index (κ1) is 29.4. The summed E-state index contributed by atoms with van der Waals surface area (Å²) in [6.45, 7) is 17.7. The van der Waals surface area contributed by atoms with E-state index in [1.54, 1.807) is 0 Å². The predicted molar refractivity (Wildman–Crippen MR) is 157 cm³/mol. The highest BCUT2D eigenvalue weighted by molar-refractivity contribution is 5.95. The van der Waals surface area contributed by atoms with E-state index >= 15 is 0 Å². The zero-order valence-electron chi connectivity index (χ0n) is 26.8. The lowest BCUT2D eigenvalue weighted by atomic mass is 9.33. The summed E-state index contributed by atoms with van der Waals surface area (Å²) < 4.78 is 5.85. The Bertz CT molecular complexity index is 1200. The number of rotatable bonds is 3. The minimum absolute atomic E-state index is 0.0180. The van der Waals surface area contributed by atoms with Crippen LogP contribution in [-0.2, 0) is 19.1 Å². The van der Waals surface area contributed by atoms with Crippen molar-refractivity contribution in [3.05, 3.63) is 11.6 Å². The van der Waals surface area contributed by atoms with Crippen LogP contribution in [0.2, 0.25) is 0 Å². The van der Waals surface area contributed by atoms with Crippen LogP contribution in [0.15, 0.2) is 11.6 Å². The molecule has 0 spiro atoms. The van der Waals surface area contributed by atoms with Crippen LogP contribution in [0.5, 0.6) is 0 Å². The van der Waals surface area contributed by atoms with Crippen LogP contribution in [0.25, 0.3) is 0 Å². The molecule has 228 valence electrons. The Labute approximate surface area is 247 Å². The van der Waals surface area contributed by atoms with Gasteiger partial charge >= 0.3 is 5.97 Å². The molecule has 6 aliphatic carbocycles. The quantitative estimate of drug-likeness (QED) is 0.220. The maximum atomic E-state index is 14.6. The van der Waals surface area contributed by atoms with Crippen LogP contribution in [-0.4, -0.2) is 40.1 Å². The number of hydrogen-bond donors (Lipinski definition) is 1. The van der Waals surface area contributed by atoms with Gasteiger partial charge in [-0.05, 0) is 110 Å². The Hall–Kier alpha value is -1.69. The average molecular weight is 568 g/mol. The number of fused-ring (bicyclic) bond motifs is 7. The van der Waals surface area contributed by atoms with Gasteiger partial charge in [-0.3, -0.25) is 19.6 Å². The summed E-state index contributed by atoms with van der Waals surface area (Å²) in [5, 5.41) is 11.7. The van der Waals surface area contributed by atoms with Crippen molar-refractivity contribution in [2.45, 2.75) is 138 Å². The normalized spacial score (nSPS) is 48.5. The molecule has 6 nitrogen and oxygen atoms in total. The summed E-state index contributed by atoms with van der Waals surface area (Å²) in [7, 11) is 0. The van der Waals surface area contributed by atoms with Crippen LogP contribution < -0.4 is 0 Å². The fraction of sp³-hybridized carbons (Fsp3) is 0.857. The number of hydrogen-bond acceptors (Lipinski definition) is 5. The number of amides is 1. The second-order valence-electron chi connectivity index (χ2n) is 17.1. The number of carbonyl (C=O) groups excluding carboxylic acids is 3. The van der Waals surface area contributed by atoms with Crippen molar-refractivity contribution in [1.29, 1.82) is 0 Å². The minimum Gasteiger partial charge on any atom is -0.462 e. The van der Waals surface area contributed by atoms with E-state index in [1.165, 1.54) is 12.5 Å². The average Bonchev–Trinajstić information content (AvgIpc) is 3.73. The Morgan fingerprint density at radius 2 is 1.56 bits per heavy atom. The molecule has 0 heterocycles. The molecule has 0 aliphatic heterocycles. The van der Waals surface area contributed by atoms with Crippen LogP contribution in [0.3, 0.4) is 0 Å². The van der Waals surface area contributed by atoms with Gasteiger partial charge < -0.3 is 4.74 Å². The molecular weight excluding hydrogens is 514 g/mol. The summed E-state index contributed by atoms with van der Waals surface area (Å²) in [5.41, 5.74) is 0.120. The maximum absolute atomic E-state index is 14.6. The Kier molecular flexibility index (Phi) is 6.39. The molecule has 0 bridgehead atoms. The van der Waals surface area contributed by atoms with Gasteiger partial charge in [0.2, 0.25) is 0 Å². The summed E-state index contributed by atoms with van der Waals surface area (Å²) in [5.74, 6) is 0.338. The van der Waals surface area contributed by atoms with Gasteiger partial charge in [0.15, 0.2) is 5.78 Å². The first-order chi connectivity index (χ1) is 18.9. The predicted octanol–water partition coefficient (Wildman–Crippen LogP) is 7.28. The number of allylic oxidation sites excluding steroid dienone is 2. The van der Waals surface area contributed by atoms with Gasteiger partial charge in [-0.2, -0.15) is 0 Å². The molecule has 1 N–H and O–H groups in total. The number of ether oxygens (including phenoxy) is 1. The first-order valence-electron chi connectivity index (χ1n) is 16.4. The van der Waals surface area contributed by atoms with Crippen molar-refractivity contribution in [3.8, 4) is 0 Å². The van der Waals surface area contributed by atoms with Gasteiger partial charge in [0.05, 0.1) is 6.04 Å². The van der Waals surface area contributed by atoms with Crippen molar-refractivity contribution < 1.29 is 24.3 Å². The molecule has 0 aromatic carbocycles. The molecule has 1 amide bonds. The fourth-order valence-electron chi connectivity index (χ4n) is 11.5. The fourth-order valence-corrected chi connectivity index (χ4v) is 11.5. The second kappa shape index (κ2) is 8.92. The zero-order chi connectivity index (χ0) is 30.0. The lowest BCUT2D eigenvalue weighted by Crippen LogP contribution is -2.66. The highest BCUT2D eigenvalue weighted by atomic mass is 16.5. The molecule has 0 radical (unpaired) electrons. The van der Waals surface area contributed by atoms with Gasteiger partial charge in [-0.15, -0.1) is 0 Å². The SMILES string of the molecule is CC(=O)O[C@H]1CC[C@@]2(C)C(CC[C@]3(C)[C@@H]2C(=O)C=C2[C@@H]4C[C@@](C)(C(=O)N(O)C5CC5)CC[C@]4(C)CC[C@]23C)C1(C)C. The first-order valence-corrected chi connectivity index (χ1v) is 16.4. The van der Waals surface area contributed by atoms with E-state index < -0.39 is 5.41 Å². The summed E-state index contributed by atoms with van der Waals surface area (Å²) >= 11 is 0. The summed E-state index contributed by atoms with van der Waals surface area (Å²) in [4.78, 5) is 40.1. The van der Waals surface area contributed by atoms with Crippen molar-refractivity contribution in [2.75, 3.05) is 0 Å². The van der Waals surface area contributed by atoms with Gasteiger partial charge in [0.25, 0.3) is 5.91 Å². The van der Waals surface area contributed by atoms with Crippen molar-refractivity contribution in [2.24, 2.45) is 50.2 Å². The smallest absolute Gasteiger partial charge is 0.302 e. The number of ketones is 1. The van der Waals surface area contributed by atoms with Gasteiger partial charge in [0, 0.05) is 23.7 Å². The molecule has 0 aromatic rings. The van der Waals surface area contributed by atoms with E-state index in [9.17, 15) is 19.6 Å². The molecule has 0 saturated heterocycles. The molecule has 1 unspecified atom stereocenters. The molecule has 41 heavy (non-hydrogen) atoms. The maximum Gasteiger partial charge on any atom is 0.302 e. The van der Waals surface area contributed by atoms with E-state index in [-0.39, 0.29) is 68.7 Å². The van der Waals surface area contributed by atoms with Crippen LogP contribution in [0, 0.1) is 50.2 Å². The molecule has 5 saturated carbocycles. The largest absolute Gasteiger partial charge is 0.462 e. The summed E-state index contributed by atoms with van der Waals surface area (Å²) in [6, 6.07) is -0.0180. The topological polar surface area (TPSA) is 83.9 Å². The van der Waals surface area contributed by atoms with Crippen molar-refractivity contribution >= 4 is 17.7 Å². The van der Waals surface area contributed by atoms with Crippen LogP contribution in [0.4, 0.5) is 0 Å². The third kappa shape index (κ3) is 3.93. The molecule has 6 heteroatoms. The van der Waals surface area contributed by atoms with Crippen LogP contribution >= 0.6 is 0 Å². The van der Waals surface area contributed by atoms with Crippen molar-refractivity contribution in [3.63, 3.8) is 0 Å². The minimum atomic E-state index is -0.607. The molecule has 0 aromatic heterocycles. The van der Waals surface area contributed by atoms with E-state index in [0.717, 1.165) is 69.3 Å². The van der Waals surface area contributed by atoms with E-state index in [0.29, 0.717) is 12.3 Å². The Morgan fingerprint density at radius 3 is 2.20 bits per heavy atom. The highest BCUT2D eigenvalue weighted by Crippen LogP contribution is 2.75. The molecule has 5 fully saturated rings. The molecule has 6 aliphatic rings. The highest BCUT2D eigenvalue weighted by Gasteiger charge is 2.70. The molecule has 9 atom stereocenters. The third-order valence-electron chi connectivity index (χ3n) is 14.4. The third-order valence-corrected chi connectivity index (χ3v) is 14.4. The van der Waals surface area contributed by atoms with Gasteiger partial charge in [-0.1, -0.05) is 54.0 Å². The number of nitrogens with zero attached hydrogens (tertiary/aromatic N) is 1. The lowest BCUT2D eigenvalue weighted by Gasteiger charge is -2.70. The van der Waals surface area contributed by atoms with E-state index in [1.807, 2.05) is 0 Å². The lowest BCUT2D eigenvalue weighted by molar-refractivity contribution is -0.211. The van der Waals surface area contributed by atoms with Crippen molar-refractivity contribution in [1.82, 2.24) is 5.06 Å². The zero-order valence-corrected chi connectivity index (χ0v) is 26.8.